The summed E-state index contributed by atoms with van der Waals surface area (Å²) >= 11 is 3.13. The molecule has 104 valence electrons. The molecule has 0 amide bonds. The molecule has 0 spiro atoms. The zero-order valence-electron chi connectivity index (χ0n) is 10.5. The van der Waals surface area contributed by atoms with Crippen LogP contribution in [0.2, 0.25) is 0 Å². The zero-order chi connectivity index (χ0) is 14.5. The molecule has 0 aromatic heterocycles. The first-order chi connectivity index (χ1) is 9.56. The molecule has 20 heavy (non-hydrogen) atoms. The highest BCUT2D eigenvalue weighted by molar-refractivity contribution is 9.10. The van der Waals surface area contributed by atoms with Crippen LogP contribution in [0.3, 0.4) is 0 Å². The molecule has 0 unspecified atom stereocenters. The van der Waals surface area contributed by atoms with Crippen molar-refractivity contribution in [2.24, 2.45) is 0 Å². The van der Waals surface area contributed by atoms with E-state index in [-0.39, 0.29) is 11.5 Å². The lowest BCUT2D eigenvalue weighted by molar-refractivity contribution is -0.384. The normalized spacial score (nSPS) is 10.5. The molecule has 6 heteroatoms. The maximum absolute atomic E-state index is 13.1. The van der Waals surface area contributed by atoms with E-state index in [2.05, 4.69) is 21.2 Å². The Morgan fingerprint density at radius 1 is 1.15 bits per heavy atom. The molecule has 0 bridgehead atoms. The van der Waals surface area contributed by atoms with E-state index in [9.17, 15) is 14.5 Å². The molecular formula is C14H12BrFN2O2. The first-order valence-electron chi connectivity index (χ1n) is 5.94. The van der Waals surface area contributed by atoms with Crippen LogP contribution in [0.5, 0.6) is 0 Å². The molecule has 0 fully saturated rings. The molecule has 2 aromatic carbocycles. The van der Waals surface area contributed by atoms with Crippen LogP contribution in [-0.2, 0) is 13.1 Å². The van der Waals surface area contributed by atoms with Gasteiger partial charge >= 0.3 is 0 Å². The van der Waals surface area contributed by atoms with Crippen molar-refractivity contribution in [1.82, 2.24) is 5.32 Å². The number of halogens is 2. The van der Waals surface area contributed by atoms with Crippen molar-refractivity contribution in [1.29, 1.82) is 0 Å². The van der Waals surface area contributed by atoms with Crippen LogP contribution in [0.25, 0.3) is 0 Å². The van der Waals surface area contributed by atoms with Crippen molar-refractivity contribution in [3.05, 3.63) is 74.0 Å². The van der Waals surface area contributed by atoms with E-state index in [1.807, 2.05) is 6.07 Å². The van der Waals surface area contributed by atoms with Crippen LogP contribution in [-0.4, -0.2) is 4.92 Å². The van der Waals surface area contributed by atoms with E-state index < -0.39 is 4.92 Å². The fourth-order valence-corrected chi connectivity index (χ4v) is 2.21. The fraction of sp³-hybridized carbons (Fsp3) is 0.143. The first-order valence-corrected chi connectivity index (χ1v) is 6.73. The molecule has 0 aliphatic rings. The van der Waals surface area contributed by atoms with Crippen molar-refractivity contribution >= 4 is 21.6 Å². The number of benzene rings is 2. The minimum absolute atomic E-state index is 0.0776. The molecule has 0 heterocycles. The van der Waals surface area contributed by atoms with Gasteiger partial charge < -0.3 is 5.32 Å². The Morgan fingerprint density at radius 3 is 2.50 bits per heavy atom. The summed E-state index contributed by atoms with van der Waals surface area (Å²) in [5.41, 5.74) is 1.85. The Bertz CT molecular complexity index is 634. The second-order valence-corrected chi connectivity index (χ2v) is 5.13. The van der Waals surface area contributed by atoms with Gasteiger partial charge in [-0.25, -0.2) is 4.39 Å². The van der Waals surface area contributed by atoms with Gasteiger partial charge in [0.05, 0.1) is 9.40 Å². The van der Waals surface area contributed by atoms with Crippen LogP contribution in [0.15, 0.2) is 46.9 Å². The molecule has 0 atom stereocenters. The highest BCUT2D eigenvalue weighted by atomic mass is 79.9. The van der Waals surface area contributed by atoms with Gasteiger partial charge in [0, 0.05) is 25.2 Å². The van der Waals surface area contributed by atoms with Crippen molar-refractivity contribution in [3.63, 3.8) is 0 Å². The number of non-ortho nitro benzene ring substituents is 1. The van der Waals surface area contributed by atoms with Gasteiger partial charge in [-0.2, -0.15) is 0 Å². The summed E-state index contributed by atoms with van der Waals surface area (Å²) in [6.07, 6.45) is 0. The lowest BCUT2D eigenvalue weighted by Gasteiger charge is -2.06. The summed E-state index contributed by atoms with van der Waals surface area (Å²) in [5, 5.41) is 13.8. The number of rotatable bonds is 5. The number of nitro benzene ring substituents is 1. The number of hydrogen-bond donors (Lipinski definition) is 1. The molecule has 1 N–H and O–H groups in total. The highest BCUT2D eigenvalue weighted by Gasteiger charge is 2.05. The Labute approximate surface area is 123 Å². The van der Waals surface area contributed by atoms with Gasteiger partial charge in [-0.15, -0.1) is 0 Å². The van der Waals surface area contributed by atoms with E-state index in [1.54, 1.807) is 18.2 Å². The van der Waals surface area contributed by atoms with Gasteiger partial charge in [-0.3, -0.25) is 10.1 Å². The summed E-state index contributed by atoms with van der Waals surface area (Å²) in [4.78, 5) is 10.2. The quantitative estimate of drug-likeness (QED) is 0.666. The summed E-state index contributed by atoms with van der Waals surface area (Å²) in [6, 6.07) is 11.3. The fourth-order valence-electron chi connectivity index (χ4n) is 1.78. The molecule has 0 aliphatic heterocycles. The third-order valence-corrected chi connectivity index (χ3v) is 3.37. The lowest BCUT2D eigenvalue weighted by atomic mass is 10.2. The van der Waals surface area contributed by atoms with Gasteiger partial charge in [0.1, 0.15) is 5.82 Å². The van der Waals surface area contributed by atoms with Gasteiger partial charge in [0.2, 0.25) is 0 Å². The second-order valence-electron chi connectivity index (χ2n) is 4.28. The largest absolute Gasteiger partial charge is 0.309 e. The monoisotopic (exact) mass is 338 g/mol. The Balaban J connectivity index is 1.94. The summed E-state index contributed by atoms with van der Waals surface area (Å²) in [7, 11) is 0. The Hall–Kier alpha value is -1.79. The minimum atomic E-state index is -0.416. The molecular weight excluding hydrogens is 327 g/mol. The molecule has 0 aliphatic carbocycles. The third kappa shape index (κ3) is 3.85. The van der Waals surface area contributed by atoms with Gasteiger partial charge in [-0.05, 0) is 39.2 Å². The van der Waals surface area contributed by atoms with E-state index >= 15 is 0 Å². The highest BCUT2D eigenvalue weighted by Crippen LogP contribution is 2.17. The number of nitrogens with zero attached hydrogens (tertiary/aromatic N) is 1. The molecule has 4 nitrogen and oxygen atoms in total. The smallest absolute Gasteiger partial charge is 0.269 e. The molecule has 0 radical (unpaired) electrons. The van der Waals surface area contributed by atoms with E-state index in [1.165, 1.54) is 18.2 Å². The average molecular weight is 339 g/mol. The van der Waals surface area contributed by atoms with E-state index in [0.29, 0.717) is 17.6 Å². The van der Waals surface area contributed by atoms with Crippen LogP contribution < -0.4 is 5.32 Å². The van der Waals surface area contributed by atoms with Crippen molar-refractivity contribution in [2.75, 3.05) is 0 Å². The molecule has 0 saturated heterocycles. The van der Waals surface area contributed by atoms with Crippen LogP contribution in [0, 0.1) is 15.9 Å². The van der Waals surface area contributed by atoms with Crippen LogP contribution in [0.1, 0.15) is 11.1 Å². The van der Waals surface area contributed by atoms with Gasteiger partial charge in [0.15, 0.2) is 0 Å². The van der Waals surface area contributed by atoms with Crippen molar-refractivity contribution < 1.29 is 9.31 Å². The van der Waals surface area contributed by atoms with Crippen molar-refractivity contribution in [3.8, 4) is 0 Å². The minimum Gasteiger partial charge on any atom is -0.309 e. The summed E-state index contributed by atoms with van der Waals surface area (Å²) < 4.78 is 13.5. The van der Waals surface area contributed by atoms with E-state index in [4.69, 9.17) is 0 Å². The van der Waals surface area contributed by atoms with Crippen LogP contribution in [0.4, 0.5) is 10.1 Å². The number of nitro groups is 1. The Kier molecular flexibility index (Phi) is 4.81. The third-order valence-electron chi connectivity index (χ3n) is 2.76. The van der Waals surface area contributed by atoms with Crippen molar-refractivity contribution in [2.45, 2.75) is 13.1 Å². The molecule has 2 aromatic rings. The average Bonchev–Trinajstić information content (AvgIpc) is 2.43. The lowest BCUT2D eigenvalue weighted by Crippen LogP contribution is -2.12. The topological polar surface area (TPSA) is 55.2 Å². The maximum atomic E-state index is 13.1. The molecule has 2 rings (SSSR count). The predicted molar refractivity (Wildman–Crippen MR) is 77.7 cm³/mol. The maximum Gasteiger partial charge on any atom is 0.269 e. The molecule has 0 saturated carbocycles. The van der Waals surface area contributed by atoms with Crippen LogP contribution >= 0.6 is 15.9 Å². The number of nitrogens with one attached hydrogen (secondary N) is 1. The summed E-state index contributed by atoms with van der Waals surface area (Å²) in [5.74, 6) is -0.299. The zero-order valence-corrected chi connectivity index (χ0v) is 12.1. The van der Waals surface area contributed by atoms with Gasteiger partial charge in [-0.1, -0.05) is 18.2 Å². The summed E-state index contributed by atoms with van der Waals surface area (Å²) in [6.45, 7) is 1.07. The Morgan fingerprint density at radius 2 is 1.85 bits per heavy atom. The predicted octanol–water partition coefficient (Wildman–Crippen LogP) is 3.79. The SMILES string of the molecule is O=[N+]([O-])c1cccc(CNCc2ccc(F)c(Br)c2)c1. The second kappa shape index (κ2) is 6.58. The number of hydrogen-bond acceptors (Lipinski definition) is 3. The van der Waals surface area contributed by atoms with E-state index in [0.717, 1.165) is 11.1 Å². The standard InChI is InChI=1S/C14H12BrFN2O2/c15-13-7-11(4-5-14(13)16)9-17-8-10-2-1-3-12(6-10)18(19)20/h1-7,17H,8-9H2. The van der Waals surface area contributed by atoms with Gasteiger partial charge in [0.25, 0.3) is 5.69 Å². The first kappa shape index (κ1) is 14.6.